The Morgan fingerprint density at radius 3 is 2.74 bits per heavy atom. The van der Waals surface area contributed by atoms with Crippen molar-refractivity contribution >= 4 is 17.7 Å². The number of carbonyl (C=O) groups is 1. The molecule has 2 aliphatic heterocycles. The van der Waals surface area contributed by atoms with Crippen LogP contribution >= 0.6 is 11.8 Å². The Morgan fingerprint density at radius 1 is 1.26 bits per heavy atom. The summed E-state index contributed by atoms with van der Waals surface area (Å²) in [5, 5.41) is 6.85. The molecule has 8 heteroatoms. The van der Waals surface area contributed by atoms with Crippen molar-refractivity contribution in [2.75, 3.05) is 19.7 Å². The maximum Gasteiger partial charge on any atom is 0.344 e. The van der Waals surface area contributed by atoms with Gasteiger partial charge < -0.3 is 9.64 Å². The highest BCUT2D eigenvalue weighted by atomic mass is 32.2. The van der Waals surface area contributed by atoms with E-state index in [0.29, 0.717) is 11.7 Å². The zero-order valence-electron chi connectivity index (χ0n) is 15.2. The Bertz CT molecular complexity index is 823. The molecule has 0 radical (unpaired) electrons. The summed E-state index contributed by atoms with van der Waals surface area (Å²) in [7, 11) is 0. The number of nitrogens with zero attached hydrogens (tertiary/aromatic N) is 3. The Morgan fingerprint density at radius 2 is 2.04 bits per heavy atom. The molecule has 2 aromatic rings. The topological polar surface area (TPSA) is 80.2 Å². The molecule has 144 valence electrons. The van der Waals surface area contributed by atoms with Gasteiger partial charge in [0.05, 0.1) is 12.6 Å². The van der Waals surface area contributed by atoms with Crippen molar-refractivity contribution in [3.8, 4) is 0 Å². The molecule has 1 N–H and O–H groups in total. The van der Waals surface area contributed by atoms with Crippen molar-refractivity contribution < 1.29 is 9.53 Å². The third kappa shape index (κ3) is 4.11. The molecule has 3 heterocycles. The van der Waals surface area contributed by atoms with Crippen molar-refractivity contribution in [2.24, 2.45) is 0 Å². The van der Waals surface area contributed by atoms with E-state index in [1.54, 1.807) is 4.57 Å². The molecular formula is C19H24N4O3S. The first-order valence-corrected chi connectivity index (χ1v) is 10.4. The maximum atomic E-state index is 13.2. The largest absolute Gasteiger partial charge is 0.376 e. The molecule has 2 atom stereocenters. The van der Waals surface area contributed by atoms with Crippen molar-refractivity contribution in [1.29, 1.82) is 0 Å². The van der Waals surface area contributed by atoms with E-state index in [1.165, 1.54) is 11.8 Å². The van der Waals surface area contributed by atoms with Gasteiger partial charge in [-0.1, -0.05) is 42.1 Å². The third-order valence-electron chi connectivity index (χ3n) is 5.10. The monoisotopic (exact) mass is 388 g/mol. The lowest BCUT2D eigenvalue weighted by Crippen LogP contribution is -2.32. The molecule has 1 aromatic heterocycles. The smallest absolute Gasteiger partial charge is 0.344 e. The number of ether oxygens (including phenoxy) is 1. The van der Waals surface area contributed by atoms with Gasteiger partial charge in [0.1, 0.15) is 5.25 Å². The summed E-state index contributed by atoms with van der Waals surface area (Å²) in [6, 6.07) is 9.73. The first-order valence-electron chi connectivity index (χ1n) is 9.49. The Hall–Kier alpha value is -2.06. The SMILES string of the molecule is O=C(C(Sc1n[nH]c(=O)n1CC1CCCO1)c1ccccc1)N1CCCC1. The number of aromatic amines is 1. The van der Waals surface area contributed by atoms with Crippen LogP contribution in [0.25, 0.3) is 0 Å². The fourth-order valence-electron chi connectivity index (χ4n) is 3.64. The highest BCUT2D eigenvalue weighted by Crippen LogP contribution is 2.36. The van der Waals surface area contributed by atoms with Gasteiger partial charge in [-0.25, -0.2) is 9.89 Å². The molecule has 0 aliphatic carbocycles. The lowest BCUT2D eigenvalue weighted by molar-refractivity contribution is -0.129. The van der Waals surface area contributed by atoms with Crippen molar-refractivity contribution in [2.45, 2.75) is 48.7 Å². The summed E-state index contributed by atoms with van der Waals surface area (Å²) in [6.07, 6.45) is 4.08. The molecular weight excluding hydrogens is 364 g/mol. The molecule has 7 nitrogen and oxygen atoms in total. The average molecular weight is 388 g/mol. The van der Waals surface area contributed by atoms with Crippen molar-refractivity contribution in [3.63, 3.8) is 0 Å². The number of hydrogen-bond acceptors (Lipinski definition) is 5. The van der Waals surface area contributed by atoms with E-state index in [2.05, 4.69) is 10.2 Å². The molecule has 0 bridgehead atoms. The molecule has 4 rings (SSSR count). The number of likely N-dealkylation sites (tertiary alicyclic amines) is 1. The number of aromatic nitrogens is 3. The molecule has 27 heavy (non-hydrogen) atoms. The summed E-state index contributed by atoms with van der Waals surface area (Å²) in [5.41, 5.74) is 0.673. The summed E-state index contributed by atoms with van der Waals surface area (Å²) >= 11 is 1.34. The van der Waals surface area contributed by atoms with E-state index < -0.39 is 5.25 Å². The van der Waals surface area contributed by atoms with Gasteiger partial charge in [-0.3, -0.25) is 9.36 Å². The fraction of sp³-hybridized carbons (Fsp3) is 0.526. The molecule has 2 aliphatic rings. The molecule has 1 amide bonds. The second-order valence-electron chi connectivity index (χ2n) is 7.00. The number of rotatable bonds is 6. The van der Waals surface area contributed by atoms with Crippen LogP contribution in [0.3, 0.4) is 0 Å². The highest BCUT2D eigenvalue weighted by Gasteiger charge is 2.31. The third-order valence-corrected chi connectivity index (χ3v) is 6.33. The van der Waals surface area contributed by atoms with Crippen LogP contribution in [0.2, 0.25) is 0 Å². The number of H-pyrrole nitrogens is 1. The zero-order valence-corrected chi connectivity index (χ0v) is 16.0. The first-order chi connectivity index (χ1) is 13.2. The van der Waals surface area contributed by atoms with Crippen molar-refractivity contribution in [1.82, 2.24) is 19.7 Å². The predicted octanol–water partition coefficient (Wildman–Crippen LogP) is 2.21. The quantitative estimate of drug-likeness (QED) is 0.768. The van der Waals surface area contributed by atoms with Gasteiger partial charge in [0.15, 0.2) is 5.16 Å². The van der Waals surface area contributed by atoms with E-state index in [0.717, 1.165) is 50.9 Å². The number of hydrogen-bond donors (Lipinski definition) is 1. The van der Waals surface area contributed by atoms with E-state index in [9.17, 15) is 9.59 Å². The Labute approximate surface area is 162 Å². The van der Waals surface area contributed by atoms with E-state index in [-0.39, 0.29) is 17.7 Å². The normalized spacial score (nSPS) is 20.9. The second kappa shape index (κ2) is 8.31. The molecule has 2 fully saturated rings. The van der Waals surface area contributed by atoms with Crippen LogP contribution in [-0.2, 0) is 16.1 Å². The number of amides is 1. The van der Waals surface area contributed by atoms with Gasteiger partial charge in [0, 0.05) is 19.7 Å². The highest BCUT2D eigenvalue weighted by molar-refractivity contribution is 8.00. The van der Waals surface area contributed by atoms with Crippen LogP contribution in [0, 0.1) is 0 Å². The fourth-order valence-corrected chi connectivity index (χ4v) is 4.78. The summed E-state index contributed by atoms with van der Waals surface area (Å²) in [4.78, 5) is 27.3. The average Bonchev–Trinajstić information content (AvgIpc) is 3.45. The van der Waals surface area contributed by atoms with Gasteiger partial charge in [0.2, 0.25) is 5.91 Å². The van der Waals surface area contributed by atoms with Gasteiger partial charge in [-0.05, 0) is 31.2 Å². The van der Waals surface area contributed by atoms with E-state index in [4.69, 9.17) is 4.74 Å². The van der Waals surface area contributed by atoms with Crippen LogP contribution in [0.4, 0.5) is 0 Å². The van der Waals surface area contributed by atoms with Crippen molar-refractivity contribution in [3.05, 3.63) is 46.4 Å². The molecule has 1 aromatic carbocycles. The zero-order chi connectivity index (χ0) is 18.6. The standard InChI is InChI=1S/C19H24N4O3S/c24-17(22-10-4-5-11-22)16(14-7-2-1-3-8-14)27-19-21-20-18(25)23(19)13-15-9-6-12-26-15/h1-3,7-8,15-16H,4-6,9-13H2,(H,20,25). The first kappa shape index (κ1) is 18.3. The van der Waals surface area contributed by atoms with Crippen LogP contribution in [0.1, 0.15) is 36.5 Å². The lowest BCUT2D eigenvalue weighted by atomic mass is 10.1. The summed E-state index contributed by atoms with van der Waals surface area (Å²) in [6.45, 7) is 2.80. The number of carbonyl (C=O) groups excluding carboxylic acids is 1. The van der Waals surface area contributed by atoms with E-state index in [1.807, 2.05) is 35.2 Å². The predicted molar refractivity (Wildman–Crippen MR) is 103 cm³/mol. The lowest BCUT2D eigenvalue weighted by Gasteiger charge is -2.23. The maximum absolute atomic E-state index is 13.2. The molecule has 0 spiro atoms. The minimum atomic E-state index is -0.414. The molecule has 0 saturated carbocycles. The molecule has 2 saturated heterocycles. The number of thioether (sulfide) groups is 1. The minimum absolute atomic E-state index is 0.0316. The number of benzene rings is 1. The Balaban J connectivity index is 1.60. The van der Waals surface area contributed by atoms with Gasteiger partial charge >= 0.3 is 5.69 Å². The van der Waals surface area contributed by atoms with Crippen LogP contribution in [0.15, 0.2) is 40.3 Å². The van der Waals surface area contributed by atoms with Gasteiger partial charge in [-0.2, -0.15) is 0 Å². The van der Waals surface area contributed by atoms with Crippen LogP contribution in [-0.4, -0.2) is 51.4 Å². The second-order valence-corrected chi connectivity index (χ2v) is 8.07. The Kier molecular flexibility index (Phi) is 5.63. The van der Waals surface area contributed by atoms with Crippen LogP contribution in [0.5, 0.6) is 0 Å². The number of nitrogens with one attached hydrogen (secondary N) is 1. The van der Waals surface area contributed by atoms with E-state index >= 15 is 0 Å². The minimum Gasteiger partial charge on any atom is -0.376 e. The van der Waals surface area contributed by atoms with Gasteiger partial charge in [0.25, 0.3) is 0 Å². The molecule has 2 unspecified atom stereocenters. The van der Waals surface area contributed by atoms with Crippen LogP contribution < -0.4 is 5.69 Å². The summed E-state index contributed by atoms with van der Waals surface area (Å²) < 4.78 is 7.27. The summed E-state index contributed by atoms with van der Waals surface area (Å²) in [5.74, 6) is 0.0859. The van der Waals surface area contributed by atoms with Gasteiger partial charge in [-0.15, -0.1) is 5.10 Å².